The van der Waals surface area contributed by atoms with Crippen molar-refractivity contribution in [3.05, 3.63) is 130 Å². The number of aromatic hydroxyl groups is 1. The van der Waals surface area contributed by atoms with Gasteiger partial charge in [0, 0.05) is 48.4 Å². The standard InChI is InChI=1S/C37H36N4O7/c42-31-13-10-28(29-11-14-33(44)40-34(29)31)32(43)22-38-20-23-15-17-41(18-16-23)35(45)25-9-12-30(39-21-25)24-5-4-8-27(19-24)37(48,36(46)47)26-6-2-1-3-7-26/h1-14,19,21,23,32,38,42-43,48H,15-18,20,22H2,(H,40,44)(H,46,47)/t32-,37-/m0/s1. The molecule has 246 valence electrons. The number of phenols is 1. The molecule has 3 aromatic carbocycles. The molecule has 0 saturated carbocycles. The minimum atomic E-state index is -2.24. The van der Waals surface area contributed by atoms with Gasteiger partial charge >= 0.3 is 5.97 Å². The molecule has 6 rings (SSSR count). The first-order chi connectivity index (χ1) is 23.1. The van der Waals surface area contributed by atoms with Crippen LogP contribution in [0.2, 0.25) is 0 Å². The molecule has 2 aromatic heterocycles. The highest BCUT2D eigenvalue weighted by Crippen LogP contribution is 2.33. The molecule has 3 heterocycles. The summed E-state index contributed by atoms with van der Waals surface area (Å²) < 4.78 is 0. The largest absolute Gasteiger partial charge is 0.506 e. The van der Waals surface area contributed by atoms with Gasteiger partial charge in [-0.25, -0.2) is 4.79 Å². The molecule has 0 radical (unpaired) electrons. The maximum atomic E-state index is 13.3. The lowest BCUT2D eigenvalue weighted by molar-refractivity contribution is -0.155. The monoisotopic (exact) mass is 648 g/mol. The third-order valence-electron chi connectivity index (χ3n) is 9.03. The number of aromatic nitrogens is 2. The number of likely N-dealkylation sites (tertiary alicyclic amines) is 1. The molecule has 0 aliphatic carbocycles. The minimum Gasteiger partial charge on any atom is -0.506 e. The Kier molecular flexibility index (Phi) is 9.35. The molecule has 6 N–H and O–H groups in total. The van der Waals surface area contributed by atoms with Crippen LogP contribution < -0.4 is 10.9 Å². The summed E-state index contributed by atoms with van der Waals surface area (Å²) in [6.07, 6.45) is 2.27. The number of H-pyrrole nitrogens is 1. The normalized spacial score (nSPS) is 15.6. The molecule has 0 spiro atoms. The number of pyridine rings is 2. The first-order valence-corrected chi connectivity index (χ1v) is 15.8. The summed E-state index contributed by atoms with van der Waals surface area (Å²) in [5, 5.41) is 46.0. The Labute approximate surface area is 276 Å². The van der Waals surface area contributed by atoms with Gasteiger partial charge in [0.15, 0.2) is 0 Å². The van der Waals surface area contributed by atoms with E-state index < -0.39 is 17.7 Å². The summed E-state index contributed by atoms with van der Waals surface area (Å²) in [5.74, 6) is -1.24. The van der Waals surface area contributed by atoms with Crippen LogP contribution in [0.15, 0.2) is 102 Å². The summed E-state index contributed by atoms with van der Waals surface area (Å²) in [4.78, 5) is 46.1. The fourth-order valence-corrected chi connectivity index (χ4v) is 6.29. The van der Waals surface area contributed by atoms with Crippen LogP contribution in [-0.4, -0.2) is 73.3 Å². The zero-order valence-corrected chi connectivity index (χ0v) is 26.0. The number of fused-ring (bicyclic) bond motifs is 1. The molecule has 11 heteroatoms. The number of carbonyl (C=O) groups is 2. The molecular weight excluding hydrogens is 612 g/mol. The van der Waals surface area contributed by atoms with E-state index >= 15 is 0 Å². The predicted octanol–water partition coefficient (Wildman–Crippen LogP) is 3.79. The number of nitrogens with one attached hydrogen (secondary N) is 2. The number of hydrogen-bond acceptors (Lipinski definition) is 8. The van der Waals surface area contributed by atoms with E-state index in [4.69, 9.17) is 0 Å². The molecule has 1 fully saturated rings. The number of aliphatic hydroxyl groups is 2. The molecule has 48 heavy (non-hydrogen) atoms. The number of hydrogen-bond donors (Lipinski definition) is 6. The second-order valence-corrected chi connectivity index (χ2v) is 12.1. The van der Waals surface area contributed by atoms with Crippen molar-refractivity contribution in [1.29, 1.82) is 0 Å². The number of piperidine rings is 1. The lowest BCUT2D eigenvalue weighted by Gasteiger charge is -2.32. The molecule has 5 aromatic rings. The van der Waals surface area contributed by atoms with E-state index in [2.05, 4.69) is 15.3 Å². The number of aliphatic hydroxyl groups excluding tert-OH is 1. The molecule has 11 nitrogen and oxygen atoms in total. The van der Waals surface area contributed by atoms with Crippen molar-refractivity contribution in [1.82, 2.24) is 20.2 Å². The molecule has 0 unspecified atom stereocenters. The lowest BCUT2D eigenvalue weighted by Crippen LogP contribution is -2.41. The molecule has 1 aliphatic rings. The van der Waals surface area contributed by atoms with Crippen LogP contribution in [0.5, 0.6) is 5.75 Å². The smallest absolute Gasteiger partial charge is 0.345 e. The van der Waals surface area contributed by atoms with Crippen LogP contribution in [0.4, 0.5) is 0 Å². The van der Waals surface area contributed by atoms with Gasteiger partial charge in [-0.05, 0) is 66.8 Å². The number of amides is 1. The summed E-state index contributed by atoms with van der Waals surface area (Å²) in [6, 6.07) is 24.3. The fourth-order valence-electron chi connectivity index (χ4n) is 6.29. The van der Waals surface area contributed by atoms with E-state index in [1.54, 1.807) is 83.8 Å². The summed E-state index contributed by atoms with van der Waals surface area (Å²) in [6.45, 7) is 2.13. The summed E-state index contributed by atoms with van der Waals surface area (Å²) >= 11 is 0. The minimum absolute atomic E-state index is 0.0554. The van der Waals surface area contributed by atoms with Crippen LogP contribution in [0.1, 0.15) is 46.0 Å². The Bertz CT molecular complexity index is 1990. The van der Waals surface area contributed by atoms with E-state index in [0.717, 1.165) is 12.8 Å². The van der Waals surface area contributed by atoms with Crippen LogP contribution in [0.3, 0.4) is 0 Å². The summed E-state index contributed by atoms with van der Waals surface area (Å²) in [5.41, 5.74) is 0.350. The van der Waals surface area contributed by atoms with Gasteiger partial charge < -0.3 is 35.6 Å². The van der Waals surface area contributed by atoms with Crippen molar-refractivity contribution in [2.24, 2.45) is 5.92 Å². The lowest BCUT2D eigenvalue weighted by atomic mass is 9.85. The van der Waals surface area contributed by atoms with E-state index in [1.165, 1.54) is 18.3 Å². The number of nitrogens with zero attached hydrogens (tertiary/aromatic N) is 2. The third kappa shape index (κ3) is 6.56. The van der Waals surface area contributed by atoms with Gasteiger partial charge in [-0.2, -0.15) is 0 Å². The average molecular weight is 649 g/mol. The Morgan fingerprint density at radius 2 is 1.71 bits per heavy atom. The molecule has 1 saturated heterocycles. The number of benzene rings is 3. The highest BCUT2D eigenvalue weighted by atomic mass is 16.4. The average Bonchev–Trinajstić information content (AvgIpc) is 3.12. The zero-order chi connectivity index (χ0) is 33.8. The SMILES string of the molecule is O=C(c1ccc(-c2cccc([C@](O)(C(=O)O)c3ccccc3)c2)nc1)N1CCC(CNC[C@H](O)c2ccc(O)c3[nH]c(=O)ccc23)CC1. The first kappa shape index (κ1) is 32.6. The molecule has 0 bridgehead atoms. The quantitative estimate of drug-likeness (QED) is 0.132. The Balaban J connectivity index is 1.03. The van der Waals surface area contributed by atoms with Crippen molar-refractivity contribution >= 4 is 22.8 Å². The number of carboxylic acid groups (broad SMARTS) is 1. The highest BCUT2D eigenvalue weighted by molar-refractivity contribution is 5.94. The van der Waals surface area contributed by atoms with Crippen molar-refractivity contribution in [3.63, 3.8) is 0 Å². The van der Waals surface area contributed by atoms with E-state index in [0.29, 0.717) is 65.4 Å². The topological polar surface area (TPSA) is 176 Å². The summed E-state index contributed by atoms with van der Waals surface area (Å²) in [7, 11) is 0. The van der Waals surface area contributed by atoms with Gasteiger partial charge in [0.25, 0.3) is 5.91 Å². The van der Waals surface area contributed by atoms with Crippen LogP contribution in [0, 0.1) is 5.92 Å². The maximum absolute atomic E-state index is 13.3. The van der Waals surface area contributed by atoms with Gasteiger partial charge in [-0.15, -0.1) is 0 Å². The van der Waals surface area contributed by atoms with Crippen molar-refractivity contribution < 1.29 is 30.0 Å². The van der Waals surface area contributed by atoms with E-state index in [9.17, 15) is 34.8 Å². The van der Waals surface area contributed by atoms with Gasteiger partial charge in [-0.3, -0.25) is 14.6 Å². The highest BCUT2D eigenvalue weighted by Gasteiger charge is 2.40. The Morgan fingerprint density at radius 1 is 0.958 bits per heavy atom. The number of carboxylic acids is 1. The Morgan fingerprint density at radius 3 is 2.42 bits per heavy atom. The second kappa shape index (κ2) is 13.8. The molecular formula is C37H36N4O7. The number of carbonyl (C=O) groups excluding carboxylic acids is 1. The van der Waals surface area contributed by atoms with E-state index in [-0.39, 0.29) is 28.3 Å². The number of rotatable bonds is 10. The second-order valence-electron chi connectivity index (χ2n) is 12.1. The van der Waals surface area contributed by atoms with Crippen LogP contribution >= 0.6 is 0 Å². The van der Waals surface area contributed by atoms with Crippen LogP contribution in [-0.2, 0) is 10.4 Å². The third-order valence-corrected chi connectivity index (χ3v) is 9.03. The van der Waals surface area contributed by atoms with Crippen molar-refractivity contribution in [2.45, 2.75) is 24.5 Å². The van der Waals surface area contributed by atoms with Gasteiger partial charge in [0.1, 0.15) is 5.75 Å². The zero-order valence-electron chi connectivity index (χ0n) is 26.0. The maximum Gasteiger partial charge on any atom is 0.345 e. The van der Waals surface area contributed by atoms with Crippen molar-refractivity contribution in [3.8, 4) is 17.0 Å². The fraction of sp³-hybridized carbons (Fsp3) is 0.243. The van der Waals surface area contributed by atoms with Crippen molar-refractivity contribution in [2.75, 3.05) is 26.2 Å². The number of aromatic amines is 1. The molecule has 1 amide bonds. The Hall–Kier alpha value is -5.36. The van der Waals surface area contributed by atoms with E-state index in [1.807, 2.05) is 0 Å². The first-order valence-electron chi connectivity index (χ1n) is 15.8. The molecule has 1 aliphatic heterocycles. The molecule has 2 atom stereocenters. The predicted molar refractivity (Wildman–Crippen MR) is 179 cm³/mol. The van der Waals surface area contributed by atoms with Gasteiger partial charge in [-0.1, -0.05) is 54.6 Å². The van der Waals surface area contributed by atoms with Crippen LogP contribution in [0.25, 0.3) is 22.2 Å². The number of phenolic OH excluding ortho intramolecular Hbond substituents is 1. The van der Waals surface area contributed by atoms with Gasteiger partial charge in [0.2, 0.25) is 11.2 Å². The van der Waals surface area contributed by atoms with Gasteiger partial charge in [0.05, 0.1) is 22.9 Å². The number of aliphatic carboxylic acids is 1.